The van der Waals surface area contributed by atoms with Gasteiger partial charge in [-0.25, -0.2) is 4.79 Å². The van der Waals surface area contributed by atoms with Crippen molar-refractivity contribution in [3.8, 4) is 0 Å². The average Bonchev–Trinajstić information content (AvgIpc) is 2.88. The van der Waals surface area contributed by atoms with E-state index in [-0.39, 0.29) is 24.3 Å². The summed E-state index contributed by atoms with van der Waals surface area (Å²) in [5.74, 6) is -0.537. The van der Waals surface area contributed by atoms with Crippen molar-refractivity contribution >= 4 is 17.9 Å². The summed E-state index contributed by atoms with van der Waals surface area (Å²) in [6.45, 7) is 15.9. The molecule has 3 amide bonds. The molecule has 0 aromatic heterocycles. The Morgan fingerprint density at radius 3 is 2.23 bits per heavy atom. The Balaban J connectivity index is 2.57. The highest BCUT2D eigenvalue weighted by atomic mass is 16.6. The fourth-order valence-corrected chi connectivity index (χ4v) is 4.71. The highest BCUT2D eigenvalue weighted by Gasteiger charge is 2.39. The molecule has 220 valence electrons. The Morgan fingerprint density at radius 1 is 0.975 bits per heavy atom. The van der Waals surface area contributed by atoms with Crippen LogP contribution >= 0.6 is 0 Å². The number of hydrogen-bond acceptors (Lipinski definition) is 4. The molecule has 7 heteroatoms. The molecule has 0 aliphatic carbocycles. The first-order chi connectivity index (χ1) is 18.9. The molecule has 0 saturated carbocycles. The van der Waals surface area contributed by atoms with Gasteiger partial charge in [-0.15, -0.1) is 0 Å². The molecule has 0 saturated heterocycles. The summed E-state index contributed by atoms with van der Waals surface area (Å²) < 4.78 is 5.52. The lowest BCUT2D eigenvalue weighted by molar-refractivity contribution is -0.145. The normalized spacial score (nSPS) is 13.6. The van der Waals surface area contributed by atoms with E-state index in [1.807, 2.05) is 76.2 Å². The van der Waals surface area contributed by atoms with Crippen LogP contribution in [0.3, 0.4) is 0 Å². The first-order valence-corrected chi connectivity index (χ1v) is 14.6. The number of hydrogen-bond donors (Lipinski definition) is 2. The molecule has 2 N–H and O–H groups in total. The highest BCUT2D eigenvalue weighted by molar-refractivity contribution is 5.92. The minimum Gasteiger partial charge on any atom is -0.444 e. The van der Waals surface area contributed by atoms with Gasteiger partial charge in [0, 0.05) is 19.0 Å². The van der Waals surface area contributed by atoms with E-state index in [2.05, 4.69) is 17.6 Å². The van der Waals surface area contributed by atoms with Crippen molar-refractivity contribution in [2.45, 2.75) is 111 Å². The average molecular weight is 552 g/mol. The van der Waals surface area contributed by atoms with E-state index in [1.165, 1.54) is 0 Å². The van der Waals surface area contributed by atoms with Gasteiger partial charge in [0.1, 0.15) is 17.7 Å². The fourth-order valence-electron chi connectivity index (χ4n) is 4.71. The van der Waals surface area contributed by atoms with Crippen LogP contribution in [0.2, 0.25) is 0 Å². The molecular weight excluding hydrogens is 502 g/mol. The summed E-state index contributed by atoms with van der Waals surface area (Å²) in [5, 5.41) is 5.91. The van der Waals surface area contributed by atoms with Gasteiger partial charge in [0.25, 0.3) is 0 Å². The minimum absolute atomic E-state index is 0.215. The highest BCUT2D eigenvalue weighted by Crippen LogP contribution is 2.29. The molecule has 0 bridgehead atoms. The molecule has 0 aliphatic heterocycles. The van der Waals surface area contributed by atoms with Crippen LogP contribution in [-0.4, -0.2) is 47.0 Å². The van der Waals surface area contributed by atoms with E-state index in [0.29, 0.717) is 13.0 Å². The van der Waals surface area contributed by atoms with Crippen molar-refractivity contribution in [3.05, 3.63) is 70.8 Å². The lowest BCUT2D eigenvalue weighted by Gasteiger charge is -2.39. The molecule has 0 radical (unpaired) electrons. The molecule has 3 unspecified atom stereocenters. The predicted octanol–water partition coefficient (Wildman–Crippen LogP) is 6.41. The summed E-state index contributed by atoms with van der Waals surface area (Å²) in [6, 6.07) is 13.5. The number of carbonyl (C=O) groups excluding carboxylic acids is 3. The van der Waals surface area contributed by atoms with Gasteiger partial charge in [0.05, 0.1) is 0 Å². The topological polar surface area (TPSA) is 87.7 Å². The van der Waals surface area contributed by atoms with Crippen LogP contribution in [0.15, 0.2) is 48.5 Å². The van der Waals surface area contributed by atoms with E-state index in [1.54, 1.807) is 25.7 Å². The molecular formula is C33H49N3O4. The predicted molar refractivity (Wildman–Crippen MR) is 161 cm³/mol. The number of nitrogens with zero attached hydrogens (tertiary/aromatic N) is 1. The zero-order valence-electron chi connectivity index (χ0n) is 25.7. The SMILES string of the molecule is CCCCCNC(=O)C(c1ccc(C)cc1C)N(C(=O)C(Cc1ccccc1)NC(=O)OC(C)(C)C)C(C)CC. The zero-order valence-corrected chi connectivity index (χ0v) is 25.7. The summed E-state index contributed by atoms with van der Waals surface area (Å²) in [7, 11) is 0. The molecule has 3 atom stereocenters. The Kier molecular flexibility index (Phi) is 12.7. The van der Waals surface area contributed by atoms with Gasteiger partial charge in [0.15, 0.2) is 0 Å². The van der Waals surface area contributed by atoms with Crippen LogP contribution in [-0.2, 0) is 20.7 Å². The van der Waals surface area contributed by atoms with E-state index in [9.17, 15) is 14.4 Å². The maximum atomic E-state index is 14.5. The zero-order chi connectivity index (χ0) is 29.9. The maximum Gasteiger partial charge on any atom is 0.408 e. The van der Waals surface area contributed by atoms with Gasteiger partial charge >= 0.3 is 6.09 Å². The van der Waals surface area contributed by atoms with Gasteiger partial charge in [-0.1, -0.05) is 80.8 Å². The lowest BCUT2D eigenvalue weighted by atomic mass is 9.94. The smallest absolute Gasteiger partial charge is 0.408 e. The van der Waals surface area contributed by atoms with E-state index >= 15 is 0 Å². The quantitative estimate of drug-likeness (QED) is 0.282. The number of amides is 3. The summed E-state index contributed by atoms with van der Waals surface area (Å²) in [5.41, 5.74) is 2.98. The van der Waals surface area contributed by atoms with E-state index in [0.717, 1.165) is 41.5 Å². The lowest BCUT2D eigenvalue weighted by Crippen LogP contribution is -2.56. The third kappa shape index (κ3) is 10.00. The van der Waals surface area contributed by atoms with E-state index < -0.39 is 23.8 Å². The van der Waals surface area contributed by atoms with Gasteiger partial charge in [0.2, 0.25) is 11.8 Å². The van der Waals surface area contributed by atoms with Crippen LogP contribution in [0, 0.1) is 13.8 Å². The number of alkyl carbamates (subject to hydrolysis) is 1. The Morgan fingerprint density at radius 2 is 1.65 bits per heavy atom. The first-order valence-electron chi connectivity index (χ1n) is 14.6. The molecule has 0 fully saturated rings. The number of aryl methyl sites for hydroxylation is 2. The number of unbranched alkanes of at least 4 members (excludes halogenated alkanes) is 2. The molecule has 7 nitrogen and oxygen atoms in total. The number of ether oxygens (including phenoxy) is 1. The Labute approximate surface area is 241 Å². The van der Waals surface area contributed by atoms with Crippen molar-refractivity contribution in [2.75, 3.05) is 6.54 Å². The number of rotatable bonds is 13. The first kappa shape index (κ1) is 32.9. The van der Waals surface area contributed by atoms with Crippen molar-refractivity contribution in [2.24, 2.45) is 0 Å². The van der Waals surface area contributed by atoms with Crippen LogP contribution in [0.5, 0.6) is 0 Å². The van der Waals surface area contributed by atoms with Crippen LogP contribution in [0.4, 0.5) is 4.79 Å². The van der Waals surface area contributed by atoms with Crippen molar-refractivity contribution < 1.29 is 19.1 Å². The maximum absolute atomic E-state index is 14.5. The second-order valence-corrected chi connectivity index (χ2v) is 11.7. The number of carbonyl (C=O) groups is 3. The molecule has 40 heavy (non-hydrogen) atoms. The standard InChI is InChI=1S/C33H49N3O4/c1-9-11-15-20-34-30(37)29(27-19-18-23(3)21-24(27)4)36(25(5)10-2)31(38)28(22-26-16-13-12-14-17-26)35-32(39)40-33(6,7)8/h12-14,16-19,21,25,28-29H,9-11,15,20,22H2,1-8H3,(H,34,37)(H,35,39). The number of benzene rings is 2. The fraction of sp³-hybridized carbons (Fsp3) is 0.545. The van der Waals surface area contributed by atoms with Gasteiger partial charge < -0.3 is 20.3 Å². The van der Waals surface area contributed by atoms with Gasteiger partial charge in [-0.2, -0.15) is 0 Å². The summed E-state index contributed by atoms with van der Waals surface area (Å²) >= 11 is 0. The molecule has 2 aromatic carbocycles. The van der Waals surface area contributed by atoms with Crippen LogP contribution < -0.4 is 10.6 Å². The minimum atomic E-state index is -0.924. The summed E-state index contributed by atoms with van der Waals surface area (Å²) in [6.07, 6.45) is 3.17. The van der Waals surface area contributed by atoms with Crippen LogP contribution in [0.25, 0.3) is 0 Å². The molecule has 2 rings (SSSR count). The van der Waals surface area contributed by atoms with Crippen molar-refractivity contribution in [1.82, 2.24) is 15.5 Å². The largest absolute Gasteiger partial charge is 0.444 e. The molecule has 2 aromatic rings. The third-order valence-electron chi connectivity index (χ3n) is 6.92. The third-order valence-corrected chi connectivity index (χ3v) is 6.92. The summed E-state index contributed by atoms with van der Waals surface area (Å²) in [4.78, 5) is 43.0. The van der Waals surface area contributed by atoms with Crippen LogP contribution in [0.1, 0.15) is 95.5 Å². The van der Waals surface area contributed by atoms with Gasteiger partial charge in [-0.05, 0) is 71.1 Å². The number of nitrogens with one attached hydrogen (secondary N) is 2. The second-order valence-electron chi connectivity index (χ2n) is 11.7. The Hall–Kier alpha value is -3.35. The second kappa shape index (κ2) is 15.4. The molecule has 0 aliphatic rings. The van der Waals surface area contributed by atoms with E-state index in [4.69, 9.17) is 4.74 Å². The molecule has 0 heterocycles. The molecule has 0 spiro atoms. The van der Waals surface area contributed by atoms with Crippen molar-refractivity contribution in [1.29, 1.82) is 0 Å². The Bertz CT molecular complexity index is 1110. The van der Waals surface area contributed by atoms with Gasteiger partial charge in [-0.3, -0.25) is 9.59 Å². The monoisotopic (exact) mass is 551 g/mol. The van der Waals surface area contributed by atoms with Crippen molar-refractivity contribution in [3.63, 3.8) is 0 Å².